The zero-order valence-corrected chi connectivity index (χ0v) is 12.7. The molecular formula is C13H22N2S2. The molecule has 1 heterocycles. The van der Waals surface area contributed by atoms with Crippen LogP contribution in [0.15, 0.2) is 9.72 Å². The normalized spacial score (nSPS) is 33.9. The Labute approximate surface area is 113 Å². The van der Waals surface area contributed by atoms with E-state index in [1.807, 2.05) is 11.8 Å². The summed E-state index contributed by atoms with van der Waals surface area (Å²) in [6, 6.07) is 0.628. The van der Waals surface area contributed by atoms with Crippen molar-refractivity contribution in [3.8, 4) is 0 Å². The van der Waals surface area contributed by atoms with Crippen molar-refractivity contribution in [1.29, 1.82) is 0 Å². The molecule has 0 saturated heterocycles. The van der Waals surface area contributed by atoms with Crippen molar-refractivity contribution in [2.24, 2.45) is 11.8 Å². The zero-order valence-electron chi connectivity index (χ0n) is 11.1. The van der Waals surface area contributed by atoms with E-state index in [0.29, 0.717) is 11.3 Å². The van der Waals surface area contributed by atoms with Gasteiger partial charge in [-0.25, -0.2) is 4.98 Å². The van der Waals surface area contributed by atoms with Crippen molar-refractivity contribution < 1.29 is 0 Å². The van der Waals surface area contributed by atoms with E-state index >= 15 is 0 Å². The predicted octanol–water partition coefficient (Wildman–Crippen LogP) is 3.57. The standard InChI is InChI=1S/C13H22N2S2/c1-8-5-9(2)12(11(6-8)14-4)17-13-15-10(3)7-16-13/h7-9,11-12,14H,5-6H2,1-4H3. The Balaban J connectivity index is 2.06. The summed E-state index contributed by atoms with van der Waals surface area (Å²) in [5.74, 6) is 1.61. The van der Waals surface area contributed by atoms with Gasteiger partial charge in [0.25, 0.3) is 0 Å². The van der Waals surface area contributed by atoms with Crippen LogP contribution in [0.1, 0.15) is 32.4 Å². The monoisotopic (exact) mass is 270 g/mol. The van der Waals surface area contributed by atoms with Gasteiger partial charge in [-0.1, -0.05) is 25.6 Å². The van der Waals surface area contributed by atoms with Gasteiger partial charge in [0.15, 0.2) is 0 Å². The first-order chi connectivity index (χ1) is 8.10. The molecule has 4 atom stereocenters. The van der Waals surface area contributed by atoms with Crippen molar-refractivity contribution in [3.05, 3.63) is 11.1 Å². The lowest BCUT2D eigenvalue weighted by Crippen LogP contribution is -2.44. The molecule has 2 rings (SSSR count). The third-order valence-corrected chi connectivity index (χ3v) is 6.28. The maximum atomic E-state index is 4.58. The number of nitrogens with one attached hydrogen (secondary N) is 1. The number of aryl methyl sites for hydroxylation is 1. The van der Waals surface area contributed by atoms with Crippen LogP contribution in [0.5, 0.6) is 0 Å². The molecule has 4 unspecified atom stereocenters. The van der Waals surface area contributed by atoms with Gasteiger partial charge < -0.3 is 5.32 Å². The van der Waals surface area contributed by atoms with Crippen LogP contribution in [0.3, 0.4) is 0 Å². The van der Waals surface area contributed by atoms with Gasteiger partial charge >= 0.3 is 0 Å². The molecule has 1 aromatic heterocycles. The summed E-state index contributed by atoms with van der Waals surface area (Å²) in [6.07, 6.45) is 2.64. The maximum Gasteiger partial charge on any atom is 0.150 e. The highest BCUT2D eigenvalue weighted by Gasteiger charge is 2.34. The molecule has 4 heteroatoms. The molecule has 2 nitrogen and oxygen atoms in total. The van der Waals surface area contributed by atoms with Crippen molar-refractivity contribution in [3.63, 3.8) is 0 Å². The minimum atomic E-state index is 0.628. The Morgan fingerprint density at radius 1 is 1.41 bits per heavy atom. The van der Waals surface area contributed by atoms with Gasteiger partial charge in [-0.15, -0.1) is 11.3 Å². The largest absolute Gasteiger partial charge is 0.316 e. The fraction of sp³-hybridized carbons (Fsp3) is 0.769. The first-order valence-electron chi connectivity index (χ1n) is 6.36. The molecule has 1 N–H and O–H groups in total. The lowest BCUT2D eigenvalue weighted by molar-refractivity contribution is 0.257. The second kappa shape index (κ2) is 5.72. The van der Waals surface area contributed by atoms with Gasteiger partial charge in [-0.2, -0.15) is 0 Å². The number of aromatic nitrogens is 1. The van der Waals surface area contributed by atoms with Crippen LogP contribution in [0, 0.1) is 18.8 Å². The van der Waals surface area contributed by atoms with Gasteiger partial charge in [-0.05, 0) is 38.6 Å². The number of hydrogen-bond donors (Lipinski definition) is 1. The van der Waals surface area contributed by atoms with Gasteiger partial charge in [0.05, 0.1) is 0 Å². The second-order valence-electron chi connectivity index (χ2n) is 5.29. The highest BCUT2D eigenvalue weighted by atomic mass is 32.2. The van der Waals surface area contributed by atoms with Crippen LogP contribution in [0.4, 0.5) is 0 Å². The number of rotatable bonds is 3. The number of thioether (sulfide) groups is 1. The predicted molar refractivity (Wildman–Crippen MR) is 76.9 cm³/mol. The quantitative estimate of drug-likeness (QED) is 0.909. The van der Waals surface area contributed by atoms with Gasteiger partial charge in [0.1, 0.15) is 4.34 Å². The smallest absolute Gasteiger partial charge is 0.150 e. The van der Waals surface area contributed by atoms with Crippen LogP contribution in [0.2, 0.25) is 0 Å². The van der Waals surface area contributed by atoms with Gasteiger partial charge in [0.2, 0.25) is 0 Å². The molecule has 17 heavy (non-hydrogen) atoms. The summed E-state index contributed by atoms with van der Waals surface area (Å²) in [5.41, 5.74) is 1.15. The van der Waals surface area contributed by atoms with E-state index in [1.165, 1.54) is 17.2 Å². The Hall–Kier alpha value is -0.0600. The number of nitrogens with zero attached hydrogens (tertiary/aromatic N) is 1. The van der Waals surface area contributed by atoms with Crippen LogP contribution >= 0.6 is 23.1 Å². The third kappa shape index (κ3) is 3.24. The maximum absolute atomic E-state index is 4.58. The van der Waals surface area contributed by atoms with Crippen molar-refractivity contribution in [2.45, 2.75) is 49.2 Å². The summed E-state index contributed by atoms with van der Waals surface area (Å²) in [6.45, 7) is 6.83. The summed E-state index contributed by atoms with van der Waals surface area (Å²) in [7, 11) is 2.09. The number of thiazole rings is 1. The van der Waals surface area contributed by atoms with Crippen molar-refractivity contribution >= 4 is 23.1 Å². The Bertz CT molecular complexity index is 364. The van der Waals surface area contributed by atoms with Crippen LogP contribution in [-0.2, 0) is 0 Å². The van der Waals surface area contributed by atoms with E-state index in [4.69, 9.17) is 0 Å². The summed E-state index contributed by atoms with van der Waals surface area (Å²) >= 11 is 3.76. The van der Waals surface area contributed by atoms with E-state index in [-0.39, 0.29) is 0 Å². The van der Waals surface area contributed by atoms with Crippen LogP contribution in [0.25, 0.3) is 0 Å². The van der Waals surface area contributed by atoms with Crippen LogP contribution in [-0.4, -0.2) is 23.3 Å². The fourth-order valence-electron chi connectivity index (χ4n) is 2.81. The van der Waals surface area contributed by atoms with E-state index in [2.05, 4.69) is 43.5 Å². The average molecular weight is 270 g/mol. The highest BCUT2D eigenvalue weighted by Crippen LogP contribution is 2.40. The molecule has 0 aliphatic heterocycles. The molecule has 1 aliphatic carbocycles. The Morgan fingerprint density at radius 2 is 2.18 bits per heavy atom. The second-order valence-corrected chi connectivity index (χ2v) is 7.57. The zero-order chi connectivity index (χ0) is 12.4. The molecule has 96 valence electrons. The third-order valence-electron chi connectivity index (χ3n) is 3.59. The SMILES string of the molecule is CNC1CC(C)CC(C)C1Sc1nc(C)cs1. The molecule has 1 aromatic rings. The molecule has 0 radical (unpaired) electrons. The molecule has 1 aliphatic rings. The molecular weight excluding hydrogens is 248 g/mol. The fourth-order valence-corrected chi connectivity index (χ4v) is 5.22. The van der Waals surface area contributed by atoms with E-state index in [9.17, 15) is 0 Å². The first kappa shape index (κ1) is 13.4. The average Bonchev–Trinajstić information content (AvgIpc) is 2.67. The summed E-state index contributed by atoms with van der Waals surface area (Å²) in [5, 5.41) is 6.31. The summed E-state index contributed by atoms with van der Waals surface area (Å²) in [4.78, 5) is 4.58. The Morgan fingerprint density at radius 3 is 2.76 bits per heavy atom. The highest BCUT2D eigenvalue weighted by molar-refractivity contribution is 8.01. The lowest BCUT2D eigenvalue weighted by atomic mass is 9.80. The minimum Gasteiger partial charge on any atom is -0.316 e. The molecule has 0 bridgehead atoms. The summed E-state index contributed by atoms with van der Waals surface area (Å²) < 4.78 is 1.23. The topological polar surface area (TPSA) is 24.9 Å². The van der Waals surface area contributed by atoms with Gasteiger partial charge in [-0.3, -0.25) is 0 Å². The molecule has 1 fully saturated rings. The molecule has 0 amide bonds. The Kier molecular flexibility index (Phi) is 4.50. The van der Waals surface area contributed by atoms with Crippen LogP contribution < -0.4 is 5.32 Å². The first-order valence-corrected chi connectivity index (χ1v) is 8.12. The van der Waals surface area contributed by atoms with E-state index < -0.39 is 0 Å². The van der Waals surface area contributed by atoms with E-state index in [0.717, 1.165) is 17.5 Å². The lowest BCUT2D eigenvalue weighted by Gasteiger charge is -2.38. The number of hydrogen-bond acceptors (Lipinski definition) is 4. The van der Waals surface area contributed by atoms with Crippen molar-refractivity contribution in [1.82, 2.24) is 10.3 Å². The molecule has 1 saturated carbocycles. The van der Waals surface area contributed by atoms with E-state index in [1.54, 1.807) is 11.3 Å². The van der Waals surface area contributed by atoms with Crippen molar-refractivity contribution in [2.75, 3.05) is 7.05 Å². The molecule has 0 spiro atoms. The van der Waals surface area contributed by atoms with Gasteiger partial charge in [0, 0.05) is 22.4 Å². The minimum absolute atomic E-state index is 0.628. The molecule has 0 aromatic carbocycles.